The number of hydrogen-bond donors (Lipinski definition) is 2. The van der Waals surface area contributed by atoms with Crippen LogP contribution in [-0.2, 0) is 6.42 Å². The Kier molecular flexibility index (Phi) is 4.78. The molecule has 5 heteroatoms. The van der Waals surface area contributed by atoms with E-state index in [4.69, 9.17) is 10.0 Å². The van der Waals surface area contributed by atoms with Crippen LogP contribution in [0.4, 0.5) is 0 Å². The van der Waals surface area contributed by atoms with Crippen molar-refractivity contribution in [2.24, 2.45) is 0 Å². The molecular formula is C16H18BNO3. The van der Waals surface area contributed by atoms with Gasteiger partial charge in [0.1, 0.15) is 0 Å². The van der Waals surface area contributed by atoms with E-state index in [-0.39, 0.29) is 5.91 Å². The van der Waals surface area contributed by atoms with Gasteiger partial charge in [0, 0.05) is 19.7 Å². The van der Waals surface area contributed by atoms with Gasteiger partial charge in [-0.05, 0) is 35.1 Å². The van der Waals surface area contributed by atoms with Crippen LogP contribution in [0.3, 0.4) is 0 Å². The quantitative estimate of drug-likeness (QED) is 0.810. The van der Waals surface area contributed by atoms with Crippen LogP contribution in [0.15, 0.2) is 48.5 Å². The maximum Gasteiger partial charge on any atom is 0.488 e. The van der Waals surface area contributed by atoms with Crippen molar-refractivity contribution in [2.45, 2.75) is 6.42 Å². The third-order valence-corrected chi connectivity index (χ3v) is 3.29. The average Bonchev–Trinajstić information content (AvgIpc) is 2.47. The minimum absolute atomic E-state index is 0.0113. The van der Waals surface area contributed by atoms with Crippen LogP contribution < -0.4 is 5.46 Å². The van der Waals surface area contributed by atoms with E-state index in [1.54, 1.807) is 31.1 Å². The number of carbonyl (C=O) groups is 1. The second kappa shape index (κ2) is 6.56. The van der Waals surface area contributed by atoms with Gasteiger partial charge in [0.05, 0.1) is 0 Å². The molecule has 0 bridgehead atoms. The summed E-state index contributed by atoms with van der Waals surface area (Å²) in [6.45, 7) is 0. The lowest BCUT2D eigenvalue weighted by Crippen LogP contribution is -2.29. The van der Waals surface area contributed by atoms with Gasteiger partial charge in [0.2, 0.25) is 0 Å². The molecule has 0 fully saturated rings. The molecule has 0 aromatic heterocycles. The lowest BCUT2D eigenvalue weighted by Gasteiger charge is -2.10. The monoisotopic (exact) mass is 283 g/mol. The van der Waals surface area contributed by atoms with Crippen LogP contribution in [0.25, 0.3) is 0 Å². The predicted octanol–water partition coefficient (Wildman–Crippen LogP) is 0.659. The Morgan fingerprint density at radius 1 is 0.952 bits per heavy atom. The van der Waals surface area contributed by atoms with Crippen molar-refractivity contribution in [3.63, 3.8) is 0 Å². The number of amides is 1. The fourth-order valence-corrected chi connectivity index (χ4v) is 2.07. The smallest absolute Gasteiger partial charge is 0.423 e. The maximum atomic E-state index is 11.8. The van der Waals surface area contributed by atoms with Crippen molar-refractivity contribution in [3.8, 4) is 0 Å². The van der Waals surface area contributed by atoms with Gasteiger partial charge in [-0.25, -0.2) is 0 Å². The summed E-state index contributed by atoms with van der Waals surface area (Å²) >= 11 is 0. The zero-order chi connectivity index (χ0) is 15.4. The molecule has 0 unspecified atom stereocenters. The summed E-state index contributed by atoms with van der Waals surface area (Å²) < 4.78 is 0. The SMILES string of the molecule is CN(C)C(=O)c1ccc(Cc2ccc(B(O)O)cc2)cc1. The van der Waals surface area contributed by atoms with E-state index in [0.717, 1.165) is 17.5 Å². The number of carbonyl (C=O) groups excluding carboxylic acids is 1. The zero-order valence-electron chi connectivity index (χ0n) is 12.2. The molecule has 4 nitrogen and oxygen atoms in total. The molecular weight excluding hydrogens is 265 g/mol. The number of nitrogens with zero attached hydrogens (tertiary/aromatic N) is 1. The molecule has 0 saturated carbocycles. The van der Waals surface area contributed by atoms with Gasteiger partial charge in [-0.3, -0.25) is 4.79 Å². The molecule has 0 heterocycles. The Hall–Kier alpha value is -2.11. The topological polar surface area (TPSA) is 60.8 Å². The number of benzene rings is 2. The first-order valence-corrected chi connectivity index (χ1v) is 6.73. The first kappa shape index (κ1) is 15.3. The minimum atomic E-state index is -1.43. The molecule has 1 amide bonds. The number of hydrogen-bond acceptors (Lipinski definition) is 3. The van der Waals surface area contributed by atoms with Gasteiger partial charge in [-0.1, -0.05) is 36.4 Å². The molecule has 2 aromatic carbocycles. The summed E-state index contributed by atoms with van der Waals surface area (Å²) in [7, 11) is 2.02. The van der Waals surface area contributed by atoms with E-state index in [9.17, 15) is 4.79 Å². The Balaban J connectivity index is 2.08. The largest absolute Gasteiger partial charge is 0.488 e. The van der Waals surface area contributed by atoms with Crippen LogP contribution in [0.2, 0.25) is 0 Å². The molecule has 2 N–H and O–H groups in total. The first-order chi connectivity index (χ1) is 9.97. The van der Waals surface area contributed by atoms with Crippen molar-refractivity contribution in [1.82, 2.24) is 4.90 Å². The highest BCUT2D eigenvalue weighted by Crippen LogP contribution is 2.11. The van der Waals surface area contributed by atoms with Gasteiger partial charge in [-0.2, -0.15) is 0 Å². The summed E-state index contributed by atoms with van der Waals surface area (Å²) in [6.07, 6.45) is 0.734. The lowest BCUT2D eigenvalue weighted by molar-refractivity contribution is 0.0827. The van der Waals surface area contributed by atoms with E-state index in [2.05, 4.69) is 0 Å². The van der Waals surface area contributed by atoms with Gasteiger partial charge in [-0.15, -0.1) is 0 Å². The van der Waals surface area contributed by atoms with Crippen LogP contribution in [0, 0.1) is 0 Å². The Labute approximate surface area is 124 Å². The molecule has 0 aliphatic heterocycles. The summed E-state index contributed by atoms with van der Waals surface area (Å²) in [5.74, 6) is -0.0113. The van der Waals surface area contributed by atoms with Gasteiger partial charge < -0.3 is 14.9 Å². The van der Waals surface area contributed by atoms with Gasteiger partial charge in [0.25, 0.3) is 5.91 Å². The Morgan fingerprint density at radius 2 is 1.43 bits per heavy atom. The third kappa shape index (κ3) is 3.94. The third-order valence-electron chi connectivity index (χ3n) is 3.29. The minimum Gasteiger partial charge on any atom is -0.423 e. The maximum absolute atomic E-state index is 11.8. The summed E-state index contributed by atoms with van der Waals surface area (Å²) in [5.41, 5.74) is 3.32. The highest BCUT2D eigenvalue weighted by atomic mass is 16.4. The summed E-state index contributed by atoms with van der Waals surface area (Å²) in [4.78, 5) is 13.3. The van der Waals surface area contributed by atoms with Crippen molar-refractivity contribution < 1.29 is 14.8 Å². The van der Waals surface area contributed by atoms with Crippen LogP contribution in [-0.4, -0.2) is 42.1 Å². The van der Waals surface area contributed by atoms with E-state index in [1.165, 1.54) is 0 Å². The zero-order valence-corrected chi connectivity index (χ0v) is 12.2. The molecule has 108 valence electrons. The number of rotatable bonds is 4. The molecule has 0 saturated heterocycles. The van der Waals surface area contributed by atoms with E-state index < -0.39 is 7.12 Å². The van der Waals surface area contributed by atoms with Crippen molar-refractivity contribution in [1.29, 1.82) is 0 Å². The fourth-order valence-electron chi connectivity index (χ4n) is 2.07. The van der Waals surface area contributed by atoms with Crippen molar-refractivity contribution >= 4 is 18.5 Å². The standard InChI is InChI=1S/C16H18BNO3/c1-18(2)16(19)14-7-3-12(4-8-14)11-13-5-9-15(10-6-13)17(20)21/h3-10,20-21H,11H2,1-2H3. The molecule has 0 spiro atoms. The van der Waals surface area contributed by atoms with Crippen LogP contribution >= 0.6 is 0 Å². The second-order valence-corrected chi connectivity index (χ2v) is 5.19. The molecule has 0 atom stereocenters. The first-order valence-electron chi connectivity index (χ1n) is 6.73. The Bertz CT molecular complexity index is 606. The predicted molar refractivity (Wildman–Crippen MR) is 83.5 cm³/mol. The van der Waals surface area contributed by atoms with Crippen molar-refractivity contribution in [2.75, 3.05) is 14.1 Å². The lowest BCUT2D eigenvalue weighted by atomic mass is 9.80. The molecule has 2 rings (SSSR count). The summed E-state index contributed by atoms with van der Waals surface area (Å²) in [5, 5.41) is 18.1. The molecule has 2 aromatic rings. The second-order valence-electron chi connectivity index (χ2n) is 5.19. The van der Waals surface area contributed by atoms with Crippen molar-refractivity contribution in [3.05, 3.63) is 65.2 Å². The molecule has 0 aliphatic rings. The highest BCUT2D eigenvalue weighted by Gasteiger charge is 2.10. The summed E-state index contributed by atoms with van der Waals surface area (Å²) in [6, 6.07) is 14.7. The molecule has 0 radical (unpaired) electrons. The normalized spacial score (nSPS) is 10.3. The van der Waals surface area contributed by atoms with Gasteiger partial charge in [0.15, 0.2) is 0 Å². The van der Waals surface area contributed by atoms with E-state index in [1.807, 2.05) is 36.4 Å². The van der Waals surface area contributed by atoms with E-state index >= 15 is 0 Å². The van der Waals surface area contributed by atoms with Crippen LogP contribution in [0.5, 0.6) is 0 Å². The molecule has 0 aliphatic carbocycles. The Morgan fingerprint density at radius 3 is 1.86 bits per heavy atom. The fraction of sp³-hybridized carbons (Fsp3) is 0.188. The average molecular weight is 283 g/mol. The van der Waals surface area contributed by atoms with E-state index in [0.29, 0.717) is 11.0 Å². The molecule has 21 heavy (non-hydrogen) atoms. The van der Waals surface area contributed by atoms with Crippen LogP contribution in [0.1, 0.15) is 21.5 Å². The van der Waals surface area contributed by atoms with Gasteiger partial charge >= 0.3 is 7.12 Å². The highest BCUT2D eigenvalue weighted by molar-refractivity contribution is 6.58.